The van der Waals surface area contributed by atoms with Crippen molar-refractivity contribution in [3.8, 4) is 23.0 Å². The molecule has 0 unspecified atom stereocenters. The molecule has 1 fully saturated rings. The number of Topliss-reactive ketones (excluding diaryl/α,β-unsaturated/α-hetero) is 1. The van der Waals surface area contributed by atoms with Crippen molar-refractivity contribution in [3.63, 3.8) is 0 Å². The number of nitrogens with zero attached hydrogens (tertiary/aromatic N) is 1. The van der Waals surface area contributed by atoms with E-state index in [4.69, 9.17) is 18.9 Å². The first-order valence-corrected chi connectivity index (χ1v) is 11.6. The Kier molecular flexibility index (Phi) is 6.47. The van der Waals surface area contributed by atoms with Gasteiger partial charge in [-0.15, -0.1) is 0 Å². The summed E-state index contributed by atoms with van der Waals surface area (Å²) in [4.78, 5) is 27.5. The molecule has 7 heteroatoms. The van der Waals surface area contributed by atoms with E-state index in [0.29, 0.717) is 55.2 Å². The molecule has 0 aromatic heterocycles. The maximum absolute atomic E-state index is 12.9. The number of ether oxygens (including phenoxy) is 4. The summed E-state index contributed by atoms with van der Waals surface area (Å²) in [5, 5.41) is 0. The second-order valence-electron chi connectivity index (χ2n) is 10.0. The van der Waals surface area contributed by atoms with Crippen LogP contribution in [0.4, 0.5) is 0 Å². The van der Waals surface area contributed by atoms with E-state index in [9.17, 15) is 9.59 Å². The van der Waals surface area contributed by atoms with Gasteiger partial charge in [0.25, 0.3) is 5.91 Å². The number of hydrogen-bond acceptors (Lipinski definition) is 6. The lowest BCUT2D eigenvalue weighted by Crippen LogP contribution is -2.53. The number of ketones is 1. The molecule has 0 bridgehead atoms. The molecule has 0 aliphatic carbocycles. The number of benzene rings is 2. The van der Waals surface area contributed by atoms with Crippen LogP contribution in [0.3, 0.4) is 0 Å². The van der Waals surface area contributed by atoms with Crippen LogP contribution in [0.5, 0.6) is 23.0 Å². The Labute approximate surface area is 200 Å². The Balaban J connectivity index is 1.39. The van der Waals surface area contributed by atoms with Gasteiger partial charge in [0.15, 0.2) is 12.4 Å². The predicted octanol–water partition coefficient (Wildman–Crippen LogP) is 4.41. The molecule has 1 amide bonds. The van der Waals surface area contributed by atoms with Crippen molar-refractivity contribution in [2.75, 3.05) is 33.9 Å². The van der Waals surface area contributed by atoms with E-state index in [0.717, 1.165) is 11.3 Å². The summed E-state index contributed by atoms with van der Waals surface area (Å²) < 4.78 is 22.9. The number of methoxy groups -OCH3 is 2. The van der Waals surface area contributed by atoms with Crippen LogP contribution >= 0.6 is 0 Å². The van der Waals surface area contributed by atoms with Crippen LogP contribution in [0, 0.1) is 0 Å². The van der Waals surface area contributed by atoms with E-state index in [1.807, 2.05) is 18.2 Å². The van der Waals surface area contributed by atoms with Crippen molar-refractivity contribution in [1.82, 2.24) is 4.90 Å². The molecule has 182 valence electrons. The van der Waals surface area contributed by atoms with Crippen molar-refractivity contribution in [2.45, 2.75) is 51.0 Å². The molecule has 2 heterocycles. The van der Waals surface area contributed by atoms with E-state index >= 15 is 0 Å². The molecule has 0 N–H and O–H groups in total. The van der Waals surface area contributed by atoms with Gasteiger partial charge in [0.1, 0.15) is 28.6 Å². The Bertz CT molecular complexity index is 1080. The van der Waals surface area contributed by atoms with Gasteiger partial charge in [-0.05, 0) is 35.7 Å². The summed E-state index contributed by atoms with van der Waals surface area (Å²) in [5.74, 6) is 2.65. The van der Waals surface area contributed by atoms with Gasteiger partial charge in [-0.25, -0.2) is 0 Å². The smallest absolute Gasteiger partial charge is 0.260 e. The first-order chi connectivity index (χ1) is 16.1. The minimum absolute atomic E-state index is 0.0395. The Morgan fingerprint density at radius 2 is 1.68 bits per heavy atom. The summed E-state index contributed by atoms with van der Waals surface area (Å²) in [5.41, 5.74) is 0.838. The van der Waals surface area contributed by atoms with Gasteiger partial charge in [0.05, 0.1) is 26.2 Å². The number of hydrogen-bond donors (Lipinski definition) is 0. The van der Waals surface area contributed by atoms with E-state index in [-0.39, 0.29) is 23.7 Å². The SMILES string of the molecule is COc1ccc2c(c1)OC1(CCN(C(=O)COc3ccc(OC)cc3C(C)(C)C)CC1)CC2=O. The molecule has 2 aliphatic heterocycles. The van der Waals surface area contributed by atoms with Gasteiger partial charge in [-0.2, -0.15) is 0 Å². The minimum atomic E-state index is -0.580. The zero-order valence-electron chi connectivity index (χ0n) is 20.6. The monoisotopic (exact) mass is 467 g/mol. The molecule has 4 rings (SSSR count). The summed E-state index contributed by atoms with van der Waals surface area (Å²) in [6, 6.07) is 10.9. The molecule has 34 heavy (non-hydrogen) atoms. The highest BCUT2D eigenvalue weighted by Gasteiger charge is 2.43. The van der Waals surface area contributed by atoms with Crippen molar-refractivity contribution in [2.24, 2.45) is 0 Å². The number of amides is 1. The van der Waals surface area contributed by atoms with Crippen LogP contribution in [-0.2, 0) is 10.2 Å². The number of fused-ring (bicyclic) bond motifs is 1. The van der Waals surface area contributed by atoms with E-state index in [1.54, 1.807) is 37.3 Å². The fourth-order valence-electron chi connectivity index (χ4n) is 4.62. The molecule has 0 atom stereocenters. The van der Waals surface area contributed by atoms with Crippen LogP contribution in [0.15, 0.2) is 36.4 Å². The maximum atomic E-state index is 12.9. The predicted molar refractivity (Wildman–Crippen MR) is 128 cm³/mol. The highest BCUT2D eigenvalue weighted by molar-refractivity contribution is 6.00. The quantitative estimate of drug-likeness (QED) is 0.649. The third kappa shape index (κ3) is 4.83. The second-order valence-corrected chi connectivity index (χ2v) is 10.0. The van der Waals surface area contributed by atoms with Crippen LogP contribution in [0.2, 0.25) is 0 Å². The average molecular weight is 468 g/mol. The summed E-state index contributed by atoms with van der Waals surface area (Å²) in [6.07, 6.45) is 1.51. The van der Waals surface area contributed by atoms with Gasteiger partial charge in [-0.1, -0.05) is 20.8 Å². The van der Waals surface area contributed by atoms with Crippen molar-refractivity contribution in [1.29, 1.82) is 0 Å². The Hall–Kier alpha value is -3.22. The standard InChI is InChI=1S/C27H33NO6/c1-26(2,3)21-14-18(31-4)7-9-23(21)33-17-25(30)28-12-10-27(11-13-28)16-22(29)20-8-6-19(32-5)15-24(20)34-27/h6-9,14-15H,10-13,16-17H2,1-5H3. The average Bonchev–Trinajstić information content (AvgIpc) is 2.81. The number of rotatable bonds is 5. The molecule has 0 saturated carbocycles. The lowest BCUT2D eigenvalue weighted by Gasteiger charge is -2.44. The van der Waals surface area contributed by atoms with Crippen LogP contribution in [0.1, 0.15) is 56.0 Å². The Morgan fingerprint density at radius 3 is 2.32 bits per heavy atom. The summed E-state index contributed by atoms with van der Waals surface area (Å²) in [7, 11) is 3.22. The largest absolute Gasteiger partial charge is 0.497 e. The fraction of sp³-hybridized carbons (Fsp3) is 0.481. The first-order valence-electron chi connectivity index (χ1n) is 11.6. The summed E-state index contributed by atoms with van der Waals surface area (Å²) >= 11 is 0. The number of carbonyl (C=O) groups is 2. The van der Waals surface area contributed by atoms with Gasteiger partial charge < -0.3 is 23.8 Å². The van der Waals surface area contributed by atoms with Crippen LogP contribution < -0.4 is 18.9 Å². The molecule has 1 spiro atoms. The summed E-state index contributed by atoms with van der Waals surface area (Å²) in [6.45, 7) is 7.29. The van der Waals surface area contributed by atoms with E-state index in [1.165, 1.54) is 0 Å². The third-order valence-electron chi connectivity index (χ3n) is 6.67. The topological polar surface area (TPSA) is 74.3 Å². The first kappa shape index (κ1) is 23.9. The van der Waals surface area contributed by atoms with E-state index < -0.39 is 5.60 Å². The molecular weight excluding hydrogens is 434 g/mol. The highest BCUT2D eigenvalue weighted by atomic mass is 16.5. The molecule has 0 radical (unpaired) electrons. The van der Waals surface area contributed by atoms with Crippen molar-refractivity contribution >= 4 is 11.7 Å². The van der Waals surface area contributed by atoms with Gasteiger partial charge in [-0.3, -0.25) is 9.59 Å². The molecule has 2 aromatic rings. The number of carbonyl (C=O) groups excluding carboxylic acids is 2. The van der Waals surface area contributed by atoms with Crippen LogP contribution in [0.25, 0.3) is 0 Å². The van der Waals surface area contributed by atoms with Gasteiger partial charge >= 0.3 is 0 Å². The normalized spacial score (nSPS) is 17.1. The van der Waals surface area contributed by atoms with Gasteiger partial charge in [0, 0.05) is 37.6 Å². The lowest BCUT2D eigenvalue weighted by molar-refractivity contribution is -0.137. The van der Waals surface area contributed by atoms with Crippen molar-refractivity contribution < 1.29 is 28.5 Å². The maximum Gasteiger partial charge on any atom is 0.260 e. The van der Waals surface area contributed by atoms with Crippen LogP contribution in [-0.4, -0.2) is 56.1 Å². The fourth-order valence-corrected chi connectivity index (χ4v) is 4.62. The minimum Gasteiger partial charge on any atom is -0.497 e. The molecule has 2 aliphatic rings. The third-order valence-corrected chi connectivity index (χ3v) is 6.67. The van der Waals surface area contributed by atoms with E-state index in [2.05, 4.69) is 20.8 Å². The molecular formula is C27H33NO6. The molecule has 2 aromatic carbocycles. The zero-order chi connectivity index (χ0) is 24.5. The Morgan fingerprint density at radius 1 is 1.03 bits per heavy atom. The lowest BCUT2D eigenvalue weighted by atomic mass is 9.82. The number of likely N-dealkylation sites (tertiary alicyclic amines) is 1. The molecule has 7 nitrogen and oxygen atoms in total. The zero-order valence-corrected chi connectivity index (χ0v) is 20.6. The van der Waals surface area contributed by atoms with Crippen molar-refractivity contribution in [3.05, 3.63) is 47.5 Å². The number of piperidine rings is 1. The highest BCUT2D eigenvalue weighted by Crippen LogP contribution is 2.41. The van der Waals surface area contributed by atoms with Gasteiger partial charge in [0.2, 0.25) is 0 Å². The second kappa shape index (κ2) is 9.20. The molecule has 1 saturated heterocycles.